The monoisotopic (exact) mass is 322 g/mol. The van der Waals surface area contributed by atoms with E-state index in [0.717, 1.165) is 4.90 Å². The second kappa shape index (κ2) is 8.89. The predicted octanol–water partition coefficient (Wildman–Crippen LogP) is -0.595. The molecule has 126 valence electrons. The summed E-state index contributed by atoms with van der Waals surface area (Å²) in [5, 5.41) is 2.74. The molecule has 2 amide bonds. The van der Waals surface area contributed by atoms with Crippen LogP contribution in [-0.2, 0) is 14.3 Å². The van der Waals surface area contributed by atoms with E-state index in [9.17, 15) is 14.4 Å². The smallest absolute Gasteiger partial charge is 0.338 e. The van der Waals surface area contributed by atoms with Gasteiger partial charge in [-0.3, -0.25) is 9.59 Å². The summed E-state index contributed by atoms with van der Waals surface area (Å²) in [7, 11) is 5.15. The van der Waals surface area contributed by atoms with E-state index in [2.05, 4.69) is 5.32 Å². The lowest BCUT2D eigenvalue weighted by molar-refractivity contribution is -0.862. The first kappa shape index (κ1) is 18.6. The molecule has 0 fully saturated rings. The first-order chi connectivity index (χ1) is 10.8. The molecule has 1 rings (SSSR count). The number of nitrogens with zero attached hydrogens (tertiary/aromatic N) is 1. The number of nitrogens with one attached hydrogen (secondary N) is 2. The molecule has 0 aliphatic carbocycles. The molecule has 7 heteroatoms. The molecule has 1 aromatic rings. The molecule has 0 aliphatic rings. The number of hydrogen-bond acceptors (Lipinski definition) is 4. The van der Waals surface area contributed by atoms with Crippen LogP contribution in [0.25, 0.3) is 0 Å². The number of ether oxygens (including phenoxy) is 1. The van der Waals surface area contributed by atoms with Gasteiger partial charge in [-0.05, 0) is 31.2 Å². The number of likely N-dealkylation sites (N-methyl/N-ethyl adjacent to an activating group) is 2. The second-order valence-corrected chi connectivity index (χ2v) is 5.44. The minimum Gasteiger partial charge on any atom is -0.462 e. The third-order valence-corrected chi connectivity index (χ3v) is 3.09. The Bertz CT molecular complexity index is 555. The summed E-state index contributed by atoms with van der Waals surface area (Å²) < 4.78 is 4.89. The summed E-state index contributed by atoms with van der Waals surface area (Å²) in [6.07, 6.45) is 0. The van der Waals surface area contributed by atoms with Crippen LogP contribution in [-0.4, -0.2) is 63.5 Å². The maximum absolute atomic E-state index is 11.9. The van der Waals surface area contributed by atoms with Gasteiger partial charge in [0, 0.05) is 19.8 Å². The molecule has 1 aromatic carbocycles. The zero-order valence-corrected chi connectivity index (χ0v) is 14.0. The molecule has 0 heterocycles. The molecule has 0 saturated carbocycles. The largest absolute Gasteiger partial charge is 0.462 e. The van der Waals surface area contributed by atoms with E-state index in [1.54, 1.807) is 52.3 Å². The van der Waals surface area contributed by atoms with E-state index in [0.29, 0.717) is 17.9 Å². The van der Waals surface area contributed by atoms with Crippen molar-refractivity contribution in [1.82, 2.24) is 4.90 Å². The fourth-order valence-electron chi connectivity index (χ4n) is 1.86. The van der Waals surface area contributed by atoms with Gasteiger partial charge >= 0.3 is 5.97 Å². The van der Waals surface area contributed by atoms with Gasteiger partial charge in [0.1, 0.15) is 0 Å². The second-order valence-electron chi connectivity index (χ2n) is 5.44. The minimum atomic E-state index is -0.392. The Balaban J connectivity index is 2.51. The first-order valence-corrected chi connectivity index (χ1v) is 7.42. The van der Waals surface area contributed by atoms with Crippen molar-refractivity contribution >= 4 is 23.5 Å². The number of rotatable bonds is 7. The number of quaternary nitrogens is 1. The first-order valence-electron chi connectivity index (χ1n) is 7.42. The number of carbonyl (C=O) groups excluding carboxylic acids is 3. The number of amides is 2. The van der Waals surface area contributed by atoms with Crippen molar-refractivity contribution in [2.24, 2.45) is 0 Å². The fraction of sp³-hybridized carbons (Fsp3) is 0.438. The zero-order valence-electron chi connectivity index (χ0n) is 14.0. The highest BCUT2D eigenvalue weighted by Crippen LogP contribution is 2.10. The van der Waals surface area contributed by atoms with Crippen LogP contribution >= 0.6 is 0 Å². The van der Waals surface area contributed by atoms with Crippen molar-refractivity contribution in [3.8, 4) is 0 Å². The number of hydrogen-bond donors (Lipinski definition) is 2. The Labute approximate surface area is 136 Å². The van der Waals surface area contributed by atoms with Gasteiger partial charge in [-0.1, -0.05) is 0 Å². The highest BCUT2D eigenvalue weighted by Gasteiger charge is 2.15. The standard InChI is InChI=1S/C16H23N3O4/c1-5-23-16(22)12-6-8-13(9-7-12)17-14(20)10-19(4)11-15(21)18(2)3/h6-9H,5,10-11H2,1-4H3,(H,17,20)/p+1. The summed E-state index contributed by atoms with van der Waals surface area (Å²) in [5.41, 5.74) is 1.03. The Morgan fingerprint density at radius 2 is 1.74 bits per heavy atom. The van der Waals surface area contributed by atoms with Crippen LogP contribution < -0.4 is 10.2 Å². The molecule has 0 spiro atoms. The number of anilines is 1. The van der Waals surface area contributed by atoms with Crippen LogP contribution in [0.5, 0.6) is 0 Å². The summed E-state index contributed by atoms with van der Waals surface area (Å²) >= 11 is 0. The average Bonchev–Trinajstić information content (AvgIpc) is 2.47. The van der Waals surface area contributed by atoms with Crippen molar-refractivity contribution in [3.05, 3.63) is 29.8 Å². The quantitative estimate of drug-likeness (QED) is 0.657. The molecular weight excluding hydrogens is 298 g/mol. The summed E-state index contributed by atoms with van der Waals surface area (Å²) in [6.45, 7) is 2.49. The number of carbonyl (C=O) groups is 3. The number of esters is 1. The Kier molecular flexibility index (Phi) is 7.21. The molecule has 0 radical (unpaired) electrons. The summed E-state index contributed by atoms with van der Waals surface area (Å²) in [5.74, 6) is -0.621. The minimum absolute atomic E-state index is 0.0333. The Hall–Kier alpha value is -2.41. The van der Waals surface area contributed by atoms with Gasteiger partial charge in [0.05, 0.1) is 19.2 Å². The van der Waals surface area contributed by atoms with Crippen molar-refractivity contribution in [1.29, 1.82) is 0 Å². The van der Waals surface area contributed by atoms with Crippen LogP contribution in [0.15, 0.2) is 24.3 Å². The van der Waals surface area contributed by atoms with Gasteiger partial charge in [0.2, 0.25) is 0 Å². The third-order valence-electron chi connectivity index (χ3n) is 3.09. The highest BCUT2D eigenvalue weighted by molar-refractivity contribution is 5.93. The van der Waals surface area contributed by atoms with Gasteiger partial charge in [-0.15, -0.1) is 0 Å². The van der Waals surface area contributed by atoms with Crippen LogP contribution in [0, 0.1) is 0 Å². The van der Waals surface area contributed by atoms with Crippen molar-refractivity contribution in [2.45, 2.75) is 6.92 Å². The SMILES string of the molecule is CCOC(=O)c1ccc(NC(=O)C[NH+](C)CC(=O)N(C)C)cc1. The number of benzene rings is 1. The van der Waals surface area contributed by atoms with E-state index < -0.39 is 5.97 Å². The molecule has 2 N–H and O–H groups in total. The van der Waals surface area contributed by atoms with Crippen LogP contribution in [0.3, 0.4) is 0 Å². The van der Waals surface area contributed by atoms with Gasteiger partial charge in [0.15, 0.2) is 13.1 Å². The molecule has 0 bridgehead atoms. The van der Waals surface area contributed by atoms with Crippen LogP contribution in [0.2, 0.25) is 0 Å². The molecular formula is C16H24N3O4+. The van der Waals surface area contributed by atoms with E-state index in [4.69, 9.17) is 4.74 Å². The molecule has 7 nitrogen and oxygen atoms in total. The van der Waals surface area contributed by atoms with Crippen molar-refractivity contribution < 1.29 is 24.0 Å². The van der Waals surface area contributed by atoms with E-state index in [1.807, 2.05) is 0 Å². The average molecular weight is 322 g/mol. The van der Waals surface area contributed by atoms with E-state index >= 15 is 0 Å². The fourth-order valence-corrected chi connectivity index (χ4v) is 1.86. The van der Waals surface area contributed by atoms with E-state index in [1.165, 1.54) is 4.90 Å². The molecule has 1 atom stereocenters. The lowest BCUT2D eigenvalue weighted by Crippen LogP contribution is -3.11. The maximum Gasteiger partial charge on any atom is 0.338 e. The summed E-state index contributed by atoms with van der Waals surface area (Å²) in [4.78, 5) is 37.3. The van der Waals surface area contributed by atoms with Crippen LogP contribution in [0.1, 0.15) is 17.3 Å². The topological polar surface area (TPSA) is 80.1 Å². The highest BCUT2D eigenvalue weighted by atomic mass is 16.5. The van der Waals surface area contributed by atoms with Gasteiger partial charge in [-0.25, -0.2) is 4.79 Å². The normalized spacial score (nSPS) is 11.5. The molecule has 1 unspecified atom stereocenters. The van der Waals surface area contributed by atoms with Crippen LogP contribution in [0.4, 0.5) is 5.69 Å². The predicted molar refractivity (Wildman–Crippen MR) is 86.3 cm³/mol. The Morgan fingerprint density at radius 3 is 2.26 bits per heavy atom. The molecule has 0 saturated heterocycles. The molecule has 0 aromatic heterocycles. The zero-order chi connectivity index (χ0) is 17.4. The van der Waals surface area contributed by atoms with Crippen molar-refractivity contribution in [3.63, 3.8) is 0 Å². The third kappa shape index (κ3) is 6.48. The van der Waals surface area contributed by atoms with Gasteiger partial charge in [-0.2, -0.15) is 0 Å². The lowest BCUT2D eigenvalue weighted by Gasteiger charge is -2.16. The van der Waals surface area contributed by atoms with Gasteiger partial charge < -0.3 is 19.9 Å². The molecule has 23 heavy (non-hydrogen) atoms. The lowest BCUT2D eigenvalue weighted by atomic mass is 10.2. The summed E-state index contributed by atoms with van der Waals surface area (Å²) in [6, 6.07) is 6.48. The molecule has 0 aliphatic heterocycles. The Morgan fingerprint density at radius 1 is 1.13 bits per heavy atom. The van der Waals surface area contributed by atoms with E-state index in [-0.39, 0.29) is 24.9 Å². The maximum atomic E-state index is 11.9. The van der Waals surface area contributed by atoms with Gasteiger partial charge in [0.25, 0.3) is 11.8 Å². The van der Waals surface area contributed by atoms with Crippen molar-refractivity contribution in [2.75, 3.05) is 46.2 Å².